The number of hydrogen-bond donors (Lipinski definition) is 1. The SMILES string of the molecule is COCOc1ccc2c(c1)OCC(C)(c1ccccc1C(=O)O)C2CCCCCCCCCO[Si](C)(C)C(C)(C)C. The summed E-state index contributed by atoms with van der Waals surface area (Å²) >= 11 is 0. The first-order valence-electron chi connectivity index (χ1n) is 15.3. The van der Waals surface area contributed by atoms with Crippen LogP contribution in [0.3, 0.4) is 0 Å². The van der Waals surface area contributed by atoms with Crippen LogP contribution in [0.1, 0.15) is 106 Å². The summed E-state index contributed by atoms with van der Waals surface area (Å²) in [5, 5.41) is 10.2. The molecule has 2 aromatic rings. The largest absolute Gasteiger partial charge is 0.492 e. The molecule has 1 aliphatic heterocycles. The lowest BCUT2D eigenvalue weighted by Gasteiger charge is -2.43. The minimum atomic E-state index is -1.64. The number of carbonyl (C=O) groups is 1. The van der Waals surface area contributed by atoms with Crippen molar-refractivity contribution in [2.24, 2.45) is 0 Å². The molecule has 0 saturated carbocycles. The topological polar surface area (TPSA) is 74.2 Å². The molecule has 6 nitrogen and oxygen atoms in total. The number of rotatable bonds is 16. The fourth-order valence-electron chi connectivity index (χ4n) is 5.60. The van der Waals surface area contributed by atoms with E-state index < -0.39 is 19.7 Å². The molecule has 0 saturated heterocycles. The molecule has 0 fully saturated rings. The van der Waals surface area contributed by atoms with Crippen molar-refractivity contribution in [3.63, 3.8) is 0 Å². The molecule has 228 valence electrons. The van der Waals surface area contributed by atoms with Gasteiger partial charge in [-0.15, -0.1) is 0 Å². The molecule has 0 radical (unpaired) electrons. The maximum absolute atomic E-state index is 12.1. The number of fused-ring (bicyclic) bond motifs is 1. The van der Waals surface area contributed by atoms with Crippen LogP contribution >= 0.6 is 0 Å². The van der Waals surface area contributed by atoms with Gasteiger partial charge in [0.05, 0.1) is 12.2 Å². The van der Waals surface area contributed by atoms with E-state index in [-0.39, 0.29) is 17.7 Å². The van der Waals surface area contributed by atoms with Gasteiger partial charge in [-0.1, -0.05) is 90.5 Å². The van der Waals surface area contributed by atoms with E-state index in [1.807, 2.05) is 24.3 Å². The number of methoxy groups -OCH3 is 1. The monoisotopic (exact) mass is 584 g/mol. The quantitative estimate of drug-likeness (QED) is 0.121. The molecule has 0 bridgehead atoms. The highest BCUT2D eigenvalue weighted by Gasteiger charge is 2.44. The number of unbranched alkanes of at least 4 members (excludes halogenated alkanes) is 6. The van der Waals surface area contributed by atoms with E-state index in [0.29, 0.717) is 17.9 Å². The van der Waals surface area contributed by atoms with Gasteiger partial charge in [-0.05, 0) is 54.2 Å². The van der Waals surface area contributed by atoms with Crippen molar-refractivity contribution >= 4 is 14.3 Å². The van der Waals surface area contributed by atoms with Gasteiger partial charge in [0.15, 0.2) is 15.1 Å². The lowest BCUT2D eigenvalue weighted by molar-refractivity contribution is 0.0506. The van der Waals surface area contributed by atoms with E-state index >= 15 is 0 Å². The van der Waals surface area contributed by atoms with E-state index in [1.54, 1.807) is 19.2 Å². The van der Waals surface area contributed by atoms with Crippen LogP contribution in [0.4, 0.5) is 0 Å². The summed E-state index contributed by atoms with van der Waals surface area (Å²) in [6, 6.07) is 13.3. The van der Waals surface area contributed by atoms with Crippen LogP contribution in [-0.2, 0) is 14.6 Å². The molecule has 0 amide bonds. The summed E-state index contributed by atoms with van der Waals surface area (Å²) in [5.41, 5.74) is 1.85. The third-order valence-electron chi connectivity index (χ3n) is 9.18. The Labute approximate surface area is 248 Å². The maximum atomic E-state index is 12.1. The molecule has 7 heteroatoms. The number of hydrogen-bond acceptors (Lipinski definition) is 5. The van der Waals surface area contributed by atoms with Crippen molar-refractivity contribution in [1.29, 1.82) is 0 Å². The molecule has 41 heavy (non-hydrogen) atoms. The molecule has 2 atom stereocenters. The van der Waals surface area contributed by atoms with Gasteiger partial charge in [-0.25, -0.2) is 4.79 Å². The standard InChI is InChI=1S/C34H52O6Si/c1-33(2,3)41(6,7)40-22-16-12-10-8-9-11-13-18-29-27-21-20-26(39-25-37-5)23-31(27)38-24-34(29,4)30-19-15-14-17-28(30)32(35)36/h14-15,17,19-21,23,29H,8-13,16,18,22,24-25H2,1-7H3,(H,35,36). The van der Waals surface area contributed by atoms with Gasteiger partial charge < -0.3 is 23.7 Å². The number of carboxylic acid groups (broad SMARTS) is 1. The Balaban J connectivity index is 1.60. The summed E-state index contributed by atoms with van der Waals surface area (Å²) in [6.07, 6.45) is 9.29. The first-order valence-corrected chi connectivity index (χ1v) is 18.2. The molecule has 1 aliphatic rings. The Bertz CT molecular complexity index is 1120. The Kier molecular flexibility index (Phi) is 11.9. The highest BCUT2D eigenvalue weighted by Crippen LogP contribution is 2.50. The molecule has 2 aromatic carbocycles. The zero-order valence-corrected chi connectivity index (χ0v) is 27.4. The van der Waals surface area contributed by atoms with E-state index in [2.05, 4.69) is 46.9 Å². The Morgan fingerprint density at radius 3 is 2.34 bits per heavy atom. The third kappa shape index (κ3) is 8.59. The van der Waals surface area contributed by atoms with E-state index in [9.17, 15) is 9.90 Å². The van der Waals surface area contributed by atoms with Gasteiger partial charge in [-0.3, -0.25) is 0 Å². The summed E-state index contributed by atoms with van der Waals surface area (Å²) in [5.74, 6) is 0.752. The summed E-state index contributed by atoms with van der Waals surface area (Å²) < 4.78 is 23.3. The number of ether oxygens (including phenoxy) is 3. The van der Waals surface area contributed by atoms with Crippen LogP contribution in [0.25, 0.3) is 0 Å². The normalized spacial score (nSPS) is 19.0. The van der Waals surface area contributed by atoms with Crippen LogP contribution < -0.4 is 9.47 Å². The summed E-state index contributed by atoms with van der Waals surface area (Å²) in [7, 11) is -0.0446. The van der Waals surface area contributed by atoms with Crippen molar-refractivity contribution < 1.29 is 28.5 Å². The van der Waals surface area contributed by atoms with Crippen molar-refractivity contribution in [2.75, 3.05) is 27.1 Å². The second-order valence-electron chi connectivity index (χ2n) is 13.2. The van der Waals surface area contributed by atoms with Crippen LogP contribution in [0.15, 0.2) is 42.5 Å². The maximum Gasteiger partial charge on any atom is 0.335 e. The molecule has 0 spiro atoms. The summed E-state index contributed by atoms with van der Waals surface area (Å²) in [4.78, 5) is 12.1. The molecular formula is C34H52O6Si. The lowest BCUT2D eigenvalue weighted by Crippen LogP contribution is -2.41. The smallest absolute Gasteiger partial charge is 0.335 e. The van der Waals surface area contributed by atoms with Gasteiger partial charge >= 0.3 is 5.97 Å². The molecular weight excluding hydrogens is 532 g/mol. The predicted octanol–water partition coefficient (Wildman–Crippen LogP) is 8.94. The van der Waals surface area contributed by atoms with Crippen molar-refractivity contribution in [2.45, 2.75) is 109 Å². The Morgan fingerprint density at radius 1 is 1.02 bits per heavy atom. The minimum Gasteiger partial charge on any atom is -0.492 e. The highest BCUT2D eigenvalue weighted by molar-refractivity contribution is 6.74. The first kappa shape index (κ1) is 33.2. The van der Waals surface area contributed by atoms with Crippen LogP contribution in [0, 0.1) is 0 Å². The van der Waals surface area contributed by atoms with Gasteiger partial charge in [0.1, 0.15) is 11.5 Å². The average Bonchev–Trinajstić information content (AvgIpc) is 2.93. The third-order valence-corrected chi connectivity index (χ3v) is 13.7. The van der Waals surface area contributed by atoms with Gasteiger partial charge in [0.2, 0.25) is 0 Å². The van der Waals surface area contributed by atoms with Crippen molar-refractivity contribution in [3.05, 3.63) is 59.2 Å². The minimum absolute atomic E-state index is 0.135. The van der Waals surface area contributed by atoms with E-state index in [4.69, 9.17) is 18.6 Å². The number of benzene rings is 2. The van der Waals surface area contributed by atoms with Gasteiger partial charge in [0, 0.05) is 31.1 Å². The number of carboxylic acids is 1. The predicted molar refractivity (Wildman–Crippen MR) is 168 cm³/mol. The molecule has 0 aliphatic carbocycles. The van der Waals surface area contributed by atoms with Crippen LogP contribution in [-0.4, -0.2) is 46.5 Å². The Morgan fingerprint density at radius 2 is 1.68 bits per heavy atom. The van der Waals surface area contributed by atoms with Gasteiger partial charge in [0.25, 0.3) is 0 Å². The molecule has 0 aromatic heterocycles. The fraction of sp³-hybridized carbons (Fsp3) is 0.618. The number of aromatic carboxylic acids is 1. The zero-order valence-electron chi connectivity index (χ0n) is 26.4. The van der Waals surface area contributed by atoms with Crippen LogP contribution in [0.5, 0.6) is 11.5 Å². The second kappa shape index (κ2) is 14.7. The molecule has 1 heterocycles. The molecule has 3 rings (SSSR count). The van der Waals surface area contributed by atoms with E-state index in [1.165, 1.54) is 32.1 Å². The van der Waals surface area contributed by atoms with Crippen LogP contribution in [0.2, 0.25) is 18.1 Å². The zero-order chi connectivity index (χ0) is 30.1. The summed E-state index contributed by atoms with van der Waals surface area (Å²) in [6.45, 7) is 15.2. The van der Waals surface area contributed by atoms with Crippen molar-refractivity contribution in [1.82, 2.24) is 0 Å². The van der Waals surface area contributed by atoms with Gasteiger partial charge in [-0.2, -0.15) is 0 Å². The fourth-order valence-corrected chi connectivity index (χ4v) is 6.69. The lowest BCUT2D eigenvalue weighted by atomic mass is 9.65. The van der Waals surface area contributed by atoms with E-state index in [0.717, 1.165) is 42.7 Å². The first-order chi connectivity index (χ1) is 19.4. The Hall–Kier alpha value is -2.35. The molecule has 2 unspecified atom stereocenters. The molecule has 1 N–H and O–H groups in total. The average molecular weight is 585 g/mol. The van der Waals surface area contributed by atoms with Crippen molar-refractivity contribution in [3.8, 4) is 11.5 Å². The highest BCUT2D eigenvalue weighted by atomic mass is 28.4. The second-order valence-corrected chi connectivity index (χ2v) is 18.0.